The summed E-state index contributed by atoms with van der Waals surface area (Å²) in [6, 6.07) is 22.2. The van der Waals surface area contributed by atoms with Crippen LogP contribution in [0.4, 0.5) is 0 Å². The maximum Gasteiger partial charge on any atom is 0.295 e. The number of hydrogen-bond acceptors (Lipinski definition) is 6. The molecule has 2 saturated heterocycles. The molecule has 1 amide bonds. The quantitative estimate of drug-likeness (QED) is 0.262. The summed E-state index contributed by atoms with van der Waals surface area (Å²) in [6.07, 6.45) is 0. The lowest BCUT2D eigenvalue weighted by Gasteiger charge is -2.31. The molecule has 5 rings (SSSR count). The number of ether oxygens (including phenoxy) is 2. The first-order valence-electron chi connectivity index (χ1n) is 13.3. The molecular weight excluding hydrogens is 492 g/mol. The molecule has 2 aliphatic rings. The smallest absolute Gasteiger partial charge is 0.295 e. The molecule has 0 unspecified atom stereocenters. The van der Waals surface area contributed by atoms with E-state index in [1.165, 1.54) is 5.56 Å². The summed E-state index contributed by atoms with van der Waals surface area (Å²) in [5.41, 5.74) is 4.67. The monoisotopic (exact) mass is 526 g/mol. The number of aliphatic hydroxyl groups excluding tert-OH is 1. The van der Waals surface area contributed by atoms with E-state index in [4.69, 9.17) is 9.47 Å². The summed E-state index contributed by atoms with van der Waals surface area (Å²) >= 11 is 0. The van der Waals surface area contributed by atoms with Crippen LogP contribution in [0.3, 0.4) is 0 Å². The number of rotatable bonds is 8. The van der Waals surface area contributed by atoms with Crippen LogP contribution in [-0.4, -0.2) is 66.0 Å². The van der Waals surface area contributed by atoms with E-state index in [1.54, 1.807) is 29.2 Å². The Morgan fingerprint density at radius 3 is 2.33 bits per heavy atom. The molecule has 0 radical (unpaired) electrons. The number of aliphatic hydroxyl groups is 1. The highest BCUT2D eigenvalue weighted by molar-refractivity contribution is 6.46. The van der Waals surface area contributed by atoms with E-state index in [2.05, 4.69) is 11.0 Å². The molecular formula is C32H34N2O5. The zero-order valence-corrected chi connectivity index (χ0v) is 22.4. The van der Waals surface area contributed by atoms with E-state index < -0.39 is 17.7 Å². The number of carbonyl (C=O) groups excluding carboxylic acids is 2. The third kappa shape index (κ3) is 6.05. The summed E-state index contributed by atoms with van der Waals surface area (Å²) < 4.78 is 11.3. The minimum absolute atomic E-state index is 0.110. The number of aryl methyl sites for hydroxylation is 2. The van der Waals surface area contributed by atoms with Gasteiger partial charge in [0.15, 0.2) is 0 Å². The molecule has 0 bridgehead atoms. The lowest BCUT2D eigenvalue weighted by atomic mass is 9.94. The Hall–Kier alpha value is -3.94. The number of benzene rings is 3. The number of carbonyl (C=O) groups is 2. The minimum Gasteiger partial charge on any atom is -0.507 e. The molecule has 7 nitrogen and oxygen atoms in total. The fraction of sp³-hybridized carbons (Fsp3) is 0.312. The highest BCUT2D eigenvalue weighted by Gasteiger charge is 2.46. The van der Waals surface area contributed by atoms with Crippen molar-refractivity contribution in [3.8, 4) is 5.75 Å². The van der Waals surface area contributed by atoms with Crippen molar-refractivity contribution in [3.63, 3.8) is 0 Å². The number of morpholine rings is 1. The maximum atomic E-state index is 13.3. The molecule has 2 fully saturated rings. The standard InChI is InChI=1S/C32H34N2O5/c1-22-6-8-25(9-7-22)29-28(31(36)32(37)34(29)15-14-33-16-18-38-19-17-33)30(35)26-10-12-27(13-11-26)39-21-24-5-3-4-23(2)20-24/h3-13,20,29,35H,14-19,21H2,1-2H3/b30-28+/t29-/m1/s1. The van der Waals surface area contributed by atoms with Crippen LogP contribution in [0.1, 0.15) is 33.9 Å². The Morgan fingerprint density at radius 1 is 0.923 bits per heavy atom. The second kappa shape index (κ2) is 11.8. The number of amides is 1. The van der Waals surface area contributed by atoms with Crippen LogP contribution in [0.15, 0.2) is 78.4 Å². The van der Waals surface area contributed by atoms with Crippen molar-refractivity contribution in [1.82, 2.24) is 9.80 Å². The summed E-state index contributed by atoms with van der Waals surface area (Å²) in [7, 11) is 0. The lowest BCUT2D eigenvalue weighted by Crippen LogP contribution is -2.42. The molecule has 2 heterocycles. The van der Waals surface area contributed by atoms with E-state index in [0.29, 0.717) is 44.2 Å². The van der Waals surface area contributed by atoms with Gasteiger partial charge in [-0.05, 0) is 49.2 Å². The molecule has 0 saturated carbocycles. The number of nitrogens with zero attached hydrogens (tertiary/aromatic N) is 2. The molecule has 2 aliphatic heterocycles. The molecule has 7 heteroatoms. The molecule has 39 heavy (non-hydrogen) atoms. The van der Waals surface area contributed by atoms with Gasteiger partial charge in [-0.15, -0.1) is 0 Å². The zero-order chi connectivity index (χ0) is 27.4. The van der Waals surface area contributed by atoms with Crippen molar-refractivity contribution >= 4 is 17.4 Å². The van der Waals surface area contributed by atoms with Crippen molar-refractivity contribution in [1.29, 1.82) is 0 Å². The number of Topliss-reactive ketones (excluding diaryl/α,β-unsaturated/α-hetero) is 1. The Labute approximate surface area is 229 Å². The summed E-state index contributed by atoms with van der Waals surface area (Å²) in [4.78, 5) is 30.4. The molecule has 0 aromatic heterocycles. The van der Waals surface area contributed by atoms with Crippen LogP contribution >= 0.6 is 0 Å². The first kappa shape index (κ1) is 26.7. The highest BCUT2D eigenvalue weighted by atomic mass is 16.5. The van der Waals surface area contributed by atoms with E-state index in [0.717, 1.165) is 29.8 Å². The normalized spacial score (nSPS) is 19.4. The largest absolute Gasteiger partial charge is 0.507 e. The molecule has 1 N–H and O–H groups in total. The van der Waals surface area contributed by atoms with Crippen molar-refractivity contribution < 1.29 is 24.2 Å². The third-order valence-electron chi connectivity index (χ3n) is 7.31. The van der Waals surface area contributed by atoms with Gasteiger partial charge in [0.1, 0.15) is 18.1 Å². The van der Waals surface area contributed by atoms with Gasteiger partial charge < -0.3 is 19.5 Å². The minimum atomic E-state index is -0.667. The van der Waals surface area contributed by atoms with Gasteiger partial charge in [0, 0.05) is 31.7 Å². The van der Waals surface area contributed by atoms with Crippen LogP contribution in [0.25, 0.3) is 5.76 Å². The van der Waals surface area contributed by atoms with Gasteiger partial charge in [-0.2, -0.15) is 0 Å². The Morgan fingerprint density at radius 2 is 1.64 bits per heavy atom. The van der Waals surface area contributed by atoms with E-state index in [-0.39, 0.29) is 11.3 Å². The van der Waals surface area contributed by atoms with Gasteiger partial charge in [0.25, 0.3) is 11.7 Å². The number of hydrogen-bond donors (Lipinski definition) is 1. The van der Waals surface area contributed by atoms with Crippen LogP contribution in [0.2, 0.25) is 0 Å². The van der Waals surface area contributed by atoms with Gasteiger partial charge in [-0.25, -0.2) is 0 Å². The predicted molar refractivity (Wildman–Crippen MR) is 149 cm³/mol. The third-order valence-corrected chi connectivity index (χ3v) is 7.31. The van der Waals surface area contributed by atoms with Crippen molar-refractivity contribution in [3.05, 3.63) is 106 Å². The average molecular weight is 527 g/mol. The number of ketones is 1. The lowest BCUT2D eigenvalue weighted by molar-refractivity contribution is -0.140. The number of likely N-dealkylation sites (tertiary alicyclic amines) is 1. The molecule has 3 aromatic carbocycles. The zero-order valence-electron chi connectivity index (χ0n) is 22.4. The Bertz CT molecular complexity index is 1360. The second-order valence-corrected chi connectivity index (χ2v) is 10.2. The predicted octanol–water partition coefficient (Wildman–Crippen LogP) is 4.64. The first-order chi connectivity index (χ1) is 18.9. The maximum absolute atomic E-state index is 13.3. The summed E-state index contributed by atoms with van der Waals surface area (Å²) in [5, 5.41) is 11.4. The fourth-order valence-electron chi connectivity index (χ4n) is 5.11. The van der Waals surface area contributed by atoms with Crippen LogP contribution < -0.4 is 4.74 Å². The van der Waals surface area contributed by atoms with Crippen molar-refractivity contribution in [2.75, 3.05) is 39.4 Å². The van der Waals surface area contributed by atoms with Crippen molar-refractivity contribution in [2.45, 2.75) is 26.5 Å². The van der Waals surface area contributed by atoms with Crippen molar-refractivity contribution in [2.24, 2.45) is 0 Å². The topological polar surface area (TPSA) is 79.3 Å². The molecule has 1 atom stereocenters. The molecule has 3 aromatic rings. The van der Waals surface area contributed by atoms with Gasteiger partial charge >= 0.3 is 0 Å². The SMILES string of the molecule is Cc1ccc([C@@H]2/C(=C(\O)c3ccc(OCc4cccc(C)c4)cc3)C(=O)C(=O)N2CCN2CCOCC2)cc1. The van der Waals surface area contributed by atoms with E-state index >= 15 is 0 Å². The average Bonchev–Trinajstić information content (AvgIpc) is 3.21. The van der Waals surface area contributed by atoms with Gasteiger partial charge in [-0.3, -0.25) is 14.5 Å². The first-order valence-corrected chi connectivity index (χ1v) is 13.3. The van der Waals surface area contributed by atoms with Crippen LogP contribution in [0, 0.1) is 13.8 Å². The van der Waals surface area contributed by atoms with Gasteiger partial charge in [0.2, 0.25) is 0 Å². The molecule has 202 valence electrons. The van der Waals surface area contributed by atoms with Gasteiger partial charge in [-0.1, -0.05) is 59.7 Å². The van der Waals surface area contributed by atoms with Crippen LogP contribution in [0.5, 0.6) is 5.75 Å². The second-order valence-electron chi connectivity index (χ2n) is 10.2. The van der Waals surface area contributed by atoms with E-state index in [1.807, 2.05) is 56.3 Å². The molecule has 0 spiro atoms. The fourth-order valence-corrected chi connectivity index (χ4v) is 5.11. The highest BCUT2D eigenvalue weighted by Crippen LogP contribution is 2.39. The molecule has 0 aliphatic carbocycles. The Balaban J connectivity index is 1.41. The van der Waals surface area contributed by atoms with Gasteiger partial charge in [0.05, 0.1) is 24.8 Å². The van der Waals surface area contributed by atoms with E-state index in [9.17, 15) is 14.7 Å². The Kier molecular flexibility index (Phi) is 8.10. The summed E-state index contributed by atoms with van der Waals surface area (Å²) in [5.74, 6) is -0.791. The van der Waals surface area contributed by atoms with Crippen LogP contribution in [-0.2, 0) is 20.9 Å². The summed E-state index contributed by atoms with van der Waals surface area (Å²) in [6.45, 7) is 8.36.